The molecule has 1 aliphatic rings. The van der Waals surface area contributed by atoms with Crippen molar-refractivity contribution in [1.29, 1.82) is 5.26 Å². The molecule has 1 aliphatic carbocycles. The summed E-state index contributed by atoms with van der Waals surface area (Å²) < 4.78 is 0. The maximum absolute atomic E-state index is 10.3. The lowest BCUT2D eigenvalue weighted by molar-refractivity contribution is 0.443. The monoisotopic (exact) mass is 308 g/mol. The average molecular weight is 308 g/mol. The first kappa shape index (κ1) is 15.2. The number of aromatic nitrogens is 1. The molecule has 0 aliphatic heterocycles. The largest absolute Gasteiger partial charge is 0.505 e. The van der Waals surface area contributed by atoms with Gasteiger partial charge in [-0.15, -0.1) is 0 Å². The summed E-state index contributed by atoms with van der Waals surface area (Å²) >= 11 is 0. The zero-order valence-electron chi connectivity index (χ0n) is 12.9. The van der Waals surface area contributed by atoms with Crippen LogP contribution in [0.1, 0.15) is 37.8 Å². The zero-order chi connectivity index (χ0) is 16.2. The molecule has 1 aromatic carbocycles. The van der Waals surface area contributed by atoms with Crippen molar-refractivity contribution >= 4 is 22.8 Å². The van der Waals surface area contributed by atoms with Gasteiger partial charge in [0.2, 0.25) is 0 Å². The minimum Gasteiger partial charge on any atom is -0.505 e. The third-order valence-corrected chi connectivity index (χ3v) is 4.29. The van der Waals surface area contributed by atoms with Crippen LogP contribution in [0.25, 0.3) is 17.0 Å². The number of fused-ring (bicyclic) bond motifs is 1. The number of nitrogens with two attached hydrogens (primary N) is 1. The molecule has 0 radical (unpaired) electrons. The quantitative estimate of drug-likeness (QED) is 0.460. The molecule has 23 heavy (non-hydrogen) atoms. The standard InChI is InChI=1S/C18H20N4O/c19-11-12(18(20)21-13-6-2-1-3-7-13)10-16-17(23)14-8-4-5-9-15(14)22-16/h4-5,8-10,13,22-23H,1-3,6-7H2,(H2,20,21)/b12-10-. The van der Waals surface area contributed by atoms with Crippen molar-refractivity contribution in [3.8, 4) is 11.8 Å². The number of nitrogens with zero attached hydrogens (tertiary/aromatic N) is 2. The molecule has 3 rings (SSSR count). The van der Waals surface area contributed by atoms with E-state index in [1.165, 1.54) is 6.42 Å². The van der Waals surface area contributed by atoms with Crippen molar-refractivity contribution in [3.05, 3.63) is 35.5 Å². The molecule has 1 heterocycles. The molecule has 1 saturated carbocycles. The van der Waals surface area contributed by atoms with Gasteiger partial charge in [0, 0.05) is 10.9 Å². The smallest absolute Gasteiger partial charge is 0.148 e. The number of aromatic hydroxyl groups is 1. The number of nitrogens with one attached hydrogen (secondary N) is 1. The summed E-state index contributed by atoms with van der Waals surface area (Å²) in [6, 6.07) is 9.73. The Balaban J connectivity index is 1.92. The number of rotatable bonds is 3. The molecular formula is C18H20N4O. The summed E-state index contributed by atoms with van der Waals surface area (Å²) in [4.78, 5) is 7.59. The zero-order valence-corrected chi connectivity index (χ0v) is 12.9. The number of para-hydroxylation sites is 1. The van der Waals surface area contributed by atoms with Crippen molar-refractivity contribution in [2.45, 2.75) is 38.1 Å². The highest BCUT2D eigenvalue weighted by atomic mass is 16.3. The Morgan fingerprint density at radius 1 is 1.30 bits per heavy atom. The summed E-state index contributed by atoms with van der Waals surface area (Å²) in [7, 11) is 0. The summed E-state index contributed by atoms with van der Waals surface area (Å²) in [5.41, 5.74) is 7.58. The maximum Gasteiger partial charge on any atom is 0.148 e. The van der Waals surface area contributed by atoms with Gasteiger partial charge >= 0.3 is 0 Å². The molecule has 5 nitrogen and oxygen atoms in total. The molecule has 0 amide bonds. The van der Waals surface area contributed by atoms with Gasteiger partial charge in [-0.3, -0.25) is 4.99 Å². The van der Waals surface area contributed by atoms with Crippen LogP contribution in [-0.4, -0.2) is 22.0 Å². The van der Waals surface area contributed by atoms with Gasteiger partial charge in [-0.2, -0.15) is 5.26 Å². The van der Waals surface area contributed by atoms with Crippen LogP contribution >= 0.6 is 0 Å². The van der Waals surface area contributed by atoms with E-state index in [1.54, 1.807) is 6.08 Å². The fraction of sp³-hybridized carbons (Fsp3) is 0.333. The van der Waals surface area contributed by atoms with Crippen LogP contribution in [0.3, 0.4) is 0 Å². The number of H-pyrrole nitrogens is 1. The highest BCUT2D eigenvalue weighted by Crippen LogP contribution is 2.30. The first-order valence-electron chi connectivity index (χ1n) is 7.94. The van der Waals surface area contributed by atoms with E-state index in [4.69, 9.17) is 5.73 Å². The predicted octanol–water partition coefficient (Wildman–Crippen LogP) is 3.47. The maximum atomic E-state index is 10.3. The van der Waals surface area contributed by atoms with Crippen LogP contribution in [0, 0.1) is 11.3 Å². The van der Waals surface area contributed by atoms with Crippen molar-refractivity contribution < 1.29 is 5.11 Å². The average Bonchev–Trinajstić information content (AvgIpc) is 2.90. The summed E-state index contributed by atoms with van der Waals surface area (Å²) in [5.74, 6) is 0.372. The molecule has 0 saturated heterocycles. The van der Waals surface area contributed by atoms with E-state index in [2.05, 4.69) is 16.0 Å². The van der Waals surface area contributed by atoms with Crippen molar-refractivity contribution in [3.63, 3.8) is 0 Å². The Hall–Kier alpha value is -2.74. The first-order valence-corrected chi connectivity index (χ1v) is 7.94. The van der Waals surface area contributed by atoms with Crippen LogP contribution in [0.5, 0.6) is 5.75 Å². The van der Waals surface area contributed by atoms with Crippen LogP contribution < -0.4 is 5.73 Å². The van der Waals surface area contributed by atoms with E-state index < -0.39 is 0 Å². The SMILES string of the molecule is N#C/C(=C/c1[nH]c2ccccc2c1O)C(N)=NC1CCCCC1. The lowest BCUT2D eigenvalue weighted by atomic mass is 9.96. The topological polar surface area (TPSA) is 98.2 Å². The molecule has 5 heteroatoms. The van der Waals surface area contributed by atoms with Gasteiger partial charge in [-0.25, -0.2) is 0 Å². The van der Waals surface area contributed by atoms with Gasteiger partial charge < -0.3 is 15.8 Å². The Labute approximate surface area is 135 Å². The second-order valence-corrected chi connectivity index (χ2v) is 5.91. The minimum absolute atomic E-state index is 0.124. The highest BCUT2D eigenvalue weighted by Gasteiger charge is 2.15. The van der Waals surface area contributed by atoms with E-state index in [-0.39, 0.29) is 23.2 Å². The van der Waals surface area contributed by atoms with Crippen LogP contribution in [0.15, 0.2) is 34.8 Å². The van der Waals surface area contributed by atoms with Gasteiger partial charge in [-0.05, 0) is 31.1 Å². The molecule has 0 atom stereocenters. The number of benzene rings is 1. The van der Waals surface area contributed by atoms with Gasteiger partial charge in [-0.1, -0.05) is 31.4 Å². The molecule has 2 aromatic rings. The third-order valence-electron chi connectivity index (χ3n) is 4.29. The molecular weight excluding hydrogens is 288 g/mol. The Morgan fingerprint density at radius 3 is 2.74 bits per heavy atom. The number of hydrogen-bond donors (Lipinski definition) is 3. The van der Waals surface area contributed by atoms with E-state index in [1.807, 2.05) is 24.3 Å². The Kier molecular flexibility index (Phi) is 4.33. The van der Waals surface area contributed by atoms with E-state index in [0.29, 0.717) is 5.69 Å². The van der Waals surface area contributed by atoms with Crippen LogP contribution in [-0.2, 0) is 0 Å². The molecule has 0 bridgehead atoms. The summed E-state index contributed by atoms with van der Waals surface area (Å²) in [6.07, 6.45) is 7.19. The lowest BCUT2D eigenvalue weighted by Gasteiger charge is -2.18. The van der Waals surface area contributed by atoms with E-state index >= 15 is 0 Å². The third kappa shape index (κ3) is 3.21. The Bertz CT molecular complexity index is 804. The van der Waals surface area contributed by atoms with Gasteiger partial charge in [0.1, 0.15) is 17.7 Å². The second-order valence-electron chi connectivity index (χ2n) is 5.91. The fourth-order valence-electron chi connectivity index (χ4n) is 3.04. The predicted molar refractivity (Wildman–Crippen MR) is 92.0 cm³/mol. The molecule has 1 aromatic heterocycles. The van der Waals surface area contributed by atoms with Gasteiger partial charge in [0.15, 0.2) is 0 Å². The van der Waals surface area contributed by atoms with Crippen LogP contribution in [0.4, 0.5) is 0 Å². The van der Waals surface area contributed by atoms with Gasteiger partial charge in [0.25, 0.3) is 0 Å². The van der Waals surface area contributed by atoms with Crippen LogP contribution in [0.2, 0.25) is 0 Å². The molecule has 0 unspecified atom stereocenters. The fourth-order valence-corrected chi connectivity index (χ4v) is 3.04. The molecule has 118 valence electrons. The summed E-state index contributed by atoms with van der Waals surface area (Å²) in [6.45, 7) is 0. The second kappa shape index (κ2) is 6.57. The number of nitriles is 1. The number of aromatic amines is 1. The van der Waals surface area contributed by atoms with Crippen molar-refractivity contribution in [2.75, 3.05) is 0 Å². The highest BCUT2D eigenvalue weighted by molar-refractivity contribution is 6.05. The normalized spacial score (nSPS) is 17.3. The van der Waals surface area contributed by atoms with E-state index in [0.717, 1.165) is 36.6 Å². The molecule has 0 spiro atoms. The van der Waals surface area contributed by atoms with Gasteiger partial charge in [0.05, 0.1) is 17.3 Å². The van der Waals surface area contributed by atoms with Crippen molar-refractivity contribution in [1.82, 2.24) is 4.98 Å². The molecule has 1 fully saturated rings. The number of hydrogen-bond acceptors (Lipinski definition) is 3. The first-order chi connectivity index (χ1) is 11.2. The number of aliphatic imine (C=N–C) groups is 1. The van der Waals surface area contributed by atoms with E-state index in [9.17, 15) is 10.4 Å². The minimum atomic E-state index is 0.124. The molecule has 4 N–H and O–H groups in total. The summed E-state index contributed by atoms with van der Waals surface area (Å²) in [5, 5.41) is 20.4. The van der Waals surface area contributed by atoms with Crippen molar-refractivity contribution in [2.24, 2.45) is 10.7 Å². The lowest BCUT2D eigenvalue weighted by Crippen LogP contribution is -2.20. The Morgan fingerprint density at radius 2 is 2.04 bits per heavy atom. The number of amidine groups is 1.